The lowest BCUT2D eigenvalue weighted by Crippen LogP contribution is -2.24. The average molecular weight is 251 g/mol. The zero-order valence-electron chi connectivity index (χ0n) is 10.6. The summed E-state index contributed by atoms with van der Waals surface area (Å²) >= 11 is 1.70. The molecule has 0 bridgehead atoms. The highest BCUT2D eigenvalue weighted by Crippen LogP contribution is 2.15. The predicted octanol–water partition coefficient (Wildman–Crippen LogP) is 2.96. The molecular weight excluding hydrogens is 230 g/mol. The van der Waals surface area contributed by atoms with Gasteiger partial charge in [0.05, 0.1) is 5.69 Å². The van der Waals surface area contributed by atoms with Gasteiger partial charge in [-0.1, -0.05) is 20.3 Å². The van der Waals surface area contributed by atoms with Crippen molar-refractivity contribution < 1.29 is 0 Å². The summed E-state index contributed by atoms with van der Waals surface area (Å²) in [4.78, 5) is 5.75. The molecule has 0 aliphatic carbocycles. The molecule has 0 spiro atoms. The first kappa shape index (κ1) is 12.6. The van der Waals surface area contributed by atoms with Crippen molar-refractivity contribution in [1.29, 1.82) is 0 Å². The molecule has 2 rings (SSSR count). The van der Waals surface area contributed by atoms with Crippen LogP contribution in [0.25, 0.3) is 4.96 Å². The number of aromatic nitrogens is 2. The fraction of sp³-hybridized carbons (Fsp3) is 0.615. The maximum Gasteiger partial charge on any atom is 0.193 e. The zero-order valence-corrected chi connectivity index (χ0v) is 11.5. The number of thiazole rings is 1. The summed E-state index contributed by atoms with van der Waals surface area (Å²) in [5.41, 5.74) is 1.22. The van der Waals surface area contributed by atoms with E-state index >= 15 is 0 Å². The molecule has 94 valence electrons. The molecule has 0 aromatic carbocycles. The monoisotopic (exact) mass is 251 g/mol. The highest BCUT2D eigenvalue weighted by molar-refractivity contribution is 7.15. The highest BCUT2D eigenvalue weighted by atomic mass is 32.1. The van der Waals surface area contributed by atoms with Crippen LogP contribution >= 0.6 is 11.3 Å². The van der Waals surface area contributed by atoms with Gasteiger partial charge in [-0.25, -0.2) is 4.98 Å². The Morgan fingerprint density at radius 2 is 2.35 bits per heavy atom. The van der Waals surface area contributed by atoms with Crippen LogP contribution < -0.4 is 5.32 Å². The summed E-state index contributed by atoms with van der Waals surface area (Å²) in [6, 6.07) is 0. The molecular formula is C13H21N3S. The molecule has 17 heavy (non-hydrogen) atoms. The number of nitrogens with zero attached hydrogens (tertiary/aromatic N) is 2. The second-order valence-electron chi connectivity index (χ2n) is 4.51. The summed E-state index contributed by atoms with van der Waals surface area (Å²) in [7, 11) is 0. The van der Waals surface area contributed by atoms with Crippen LogP contribution in [0.4, 0.5) is 0 Å². The molecule has 0 aliphatic rings. The van der Waals surface area contributed by atoms with Gasteiger partial charge in [-0.2, -0.15) is 0 Å². The average Bonchev–Trinajstić information content (AvgIpc) is 2.88. The van der Waals surface area contributed by atoms with Gasteiger partial charge in [0.1, 0.15) is 0 Å². The van der Waals surface area contributed by atoms with Crippen molar-refractivity contribution in [3.8, 4) is 0 Å². The van der Waals surface area contributed by atoms with E-state index < -0.39 is 0 Å². The lowest BCUT2D eigenvalue weighted by Gasteiger charge is -2.13. The van der Waals surface area contributed by atoms with Crippen LogP contribution in [0.15, 0.2) is 17.8 Å². The minimum atomic E-state index is 0.700. The molecule has 0 amide bonds. The number of fused-ring (bicyclic) bond motifs is 1. The zero-order chi connectivity index (χ0) is 12.1. The summed E-state index contributed by atoms with van der Waals surface area (Å²) in [5, 5.41) is 5.58. The molecule has 4 heteroatoms. The van der Waals surface area contributed by atoms with Gasteiger partial charge in [-0.05, 0) is 31.8 Å². The Kier molecular flexibility index (Phi) is 4.57. The number of imidazole rings is 1. The minimum absolute atomic E-state index is 0.700. The Bertz CT molecular complexity index is 418. The van der Waals surface area contributed by atoms with Crippen LogP contribution in [0.2, 0.25) is 0 Å². The van der Waals surface area contributed by atoms with Crippen molar-refractivity contribution in [3.05, 3.63) is 23.5 Å². The van der Waals surface area contributed by atoms with Crippen molar-refractivity contribution >= 4 is 16.3 Å². The van der Waals surface area contributed by atoms with E-state index in [1.807, 2.05) is 0 Å². The third-order valence-corrected chi connectivity index (χ3v) is 3.85. The molecule has 2 aromatic heterocycles. The normalized spacial score (nSPS) is 13.3. The maximum absolute atomic E-state index is 4.64. The minimum Gasteiger partial charge on any atom is -0.316 e. The smallest absolute Gasteiger partial charge is 0.193 e. The summed E-state index contributed by atoms with van der Waals surface area (Å²) in [5.74, 6) is 0.700. The second kappa shape index (κ2) is 6.17. The SMILES string of the molecule is CCCNCC(CC)Cc1cn2ccsc2n1. The quantitative estimate of drug-likeness (QED) is 0.767. The van der Waals surface area contributed by atoms with Gasteiger partial charge in [0.2, 0.25) is 0 Å². The Balaban J connectivity index is 1.91. The van der Waals surface area contributed by atoms with Gasteiger partial charge < -0.3 is 5.32 Å². The lowest BCUT2D eigenvalue weighted by molar-refractivity contribution is 0.457. The number of hydrogen-bond acceptors (Lipinski definition) is 3. The topological polar surface area (TPSA) is 29.3 Å². The first-order valence-electron chi connectivity index (χ1n) is 6.45. The van der Waals surface area contributed by atoms with Gasteiger partial charge in [0.15, 0.2) is 4.96 Å². The van der Waals surface area contributed by atoms with Crippen LogP contribution in [-0.2, 0) is 6.42 Å². The molecule has 1 N–H and O–H groups in total. The van der Waals surface area contributed by atoms with E-state index in [9.17, 15) is 0 Å². The van der Waals surface area contributed by atoms with E-state index in [0.29, 0.717) is 5.92 Å². The maximum atomic E-state index is 4.64. The number of hydrogen-bond donors (Lipinski definition) is 1. The van der Waals surface area contributed by atoms with Crippen molar-refractivity contribution in [3.63, 3.8) is 0 Å². The van der Waals surface area contributed by atoms with Gasteiger partial charge in [-0.3, -0.25) is 4.40 Å². The molecule has 0 radical (unpaired) electrons. The Morgan fingerprint density at radius 3 is 3.06 bits per heavy atom. The molecule has 0 fully saturated rings. The first-order chi connectivity index (χ1) is 8.33. The molecule has 2 heterocycles. The van der Waals surface area contributed by atoms with Crippen molar-refractivity contribution in [2.24, 2.45) is 5.92 Å². The van der Waals surface area contributed by atoms with Gasteiger partial charge in [0.25, 0.3) is 0 Å². The van der Waals surface area contributed by atoms with Crippen molar-refractivity contribution in [1.82, 2.24) is 14.7 Å². The van der Waals surface area contributed by atoms with Crippen molar-refractivity contribution in [2.45, 2.75) is 33.1 Å². The molecule has 0 saturated carbocycles. The van der Waals surface area contributed by atoms with E-state index in [4.69, 9.17) is 0 Å². The highest BCUT2D eigenvalue weighted by Gasteiger charge is 2.10. The van der Waals surface area contributed by atoms with Crippen LogP contribution in [0, 0.1) is 5.92 Å². The largest absolute Gasteiger partial charge is 0.316 e. The molecule has 1 unspecified atom stereocenters. The third-order valence-electron chi connectivity index (χ3n) is 3.08. The molecule has 2 aromatic rings. The number of rotatable bonds is 7. The van der Waals surface area contributed by atoms with E-state index in [1.54, 1.807) is 11.3 Å². The summed E-state index contributed by atoms with van der Waals surface area (Å²) < 4.78 is 2.12. The molecule has 0 aliphatic heterocycles. The first-order valence-corrected chi connectivity index (χ1v) is 7.33. The summed E-state index contributed by atoms with van der Waals surface area (Å²) in [6.07, 6.45) is 7.74. The van der Waals surface area contributed by atoms with Crippen LogP contribution in [0.1, 0.15) is 32.4 Å². The Morgan fingerprint density at radius 1 is 1.47 bits per heavy atom. The molecule has 1 atom stereocenters. The Labute approximate surface area is 107 Å². The Hall–Kier alpha value is -0.870. The predicted molar refractivity (Wildman–Crippen MR) is 73.7 cm³/mol. The lowest BCUT2D eigenvalue weighted by atomic mass is 10.0. The number of nitrogens with one attached hydrogen (secondary N) is 1. The van der Waals surface area contributed by atoms with E-state index in [-0.39, 0.29) is 0 Å². The van der Waals surface area contributed by atoms with Gasteiger partial charge in [-0.15, -0.1) is 11.3 Å². The third kappa shape index (κ3) is 3.30. The van der Waals surface area contributed by atoms with Gasteiger partial charge in [0, 0.05) is 17.8 Å². The van der Waals surface area contributed by atoms with E-state index in [1.165, 1.54) is 18.5 Å². The molecule has 3 nitrogen and oxygen atoms in total. The fourth-order valence-electron chi connectivity index (χ4n) is 2.01. The standard InChI is InChI=1S/C13H21N3S/c1-3-5-14-9-11(4-2)8-12-10-16-6-7-17-13(16)15-12/h6-7,10-11,14H,3-5,8-9H2,1-2H3. The van der Waals surface area contributed by atoms with Gasteiger partial charge >= 0.3 is 0 Å². The van der Waals surface area contributed by atoms with E-state index in [2.05, 4.69) is 46.3 Å². The van der Waals surface area contributed by atoms with Crippen LogP contribution in [-0.4, -0.2) is 22.5 Å². The van der Waals surface area contributed by atoms with E-state index in [0.717, 1.165) is 24.5 Å². The fourth-order valence-corrected chi connectivity index (χ4v) is 2.73. The molecule has 0 saturated heterocycles. The second-order valence-corrected chi connectivity index (χ2v) is 5.38. The van der Waals surface area contributed by atoms with Crippen molar-refractivity contribution in [2.75, 3.05) is 13.1 Å². The van der Waals surface area contributed by atoms with Crippen LogP contribution in [0.3, 0.4) is 0 Å². The summed E-state index contributed by atoms with van der Waals surface area (Å²) in [6.45, 7) is 6.69. The van der Waals surface area contributed by atoms with Crippen LogP contribution in [0.5, 0.6) is 0 Å².